The van der Waals surface area contributed by atoms with Gasteiger partial charge in [-0.3, -0.25) is 14.2 Å². The molecule has 1 atom stereocenters. The van der Waals surface area contributed by atoms with E-state index in [9.17, 15) is 9.59 Å². The van der Waals surface area contributed by atoms with Gasteiger partial charge >= 0.3 is 0 Å². The van der Waals surface area contributed by atoms with Crippen LogP contribution in [-0.2, 0) is 11.8 Å². The molecule has 0 bridgehead atoms. The van der Waals surface area contributed by atoms with Gasteiger partial charge in [0.15, 0.2) is 5.16 Å². The van der Waals surface area contributed by atoms with E-state index in [0.717, 1.165) is 10.4 Å². The molecule has 3 aromatic rings. The second-order valence-electron chi connectivity index (χ2n) is 5.75. The Hall–Kier alpha value is -2.38. The molecule has 3 rings (SSSR count). The van der Waals surface area contributed by atoms with Crippen molar-refractivity contribution in [3.05, 3.63) is 59.4 Å². The number of thioether (sulfide) groups is 1. The summed E-state index contributed by atoms with van der Waals surface area (Å²) < 4.78 is 1.51. The number of hydrogen-bond acceptors (Lipinski definition) is 5. The lowest BCUT2D eigenvalue weighted by molar-refractivity contribution is -0.120. The van der Waals surface area contributed by atoms with E-state index in [-0.39, 0.29) is 16.7 Å². The number of benzene rings is 1. The van der Waals surface area contributed by atoms with E-state index < -0.39 is 0 Å². The van der Waals surface area contributed by atoms with Gasteiger partial charge in [-0.2, -0.15) is 0 Å². The molecule has 0 saturated carbocycles. The number of rotatable bonds is 6. The summed E-state index contributed by atoms with van der Waals surface area (Å²) in [6.07, 6.45) is 1.63. The number of nitrogens with one attached hydrogen (secondary N) is 1. The van der Waals surface area contributed by atoms with Crippen molar-refractivity contribution in [1.82, 2.24) is 14.9 Å². The van der Waals surface area contributed by atoms with Crippen LogP contribution < -0.4 is 10.9 Å². The molecule has 0 aliphatic rings. The normalized spacial score (nSPS) is 12.1. The van der Waals surface area contributed by atoms with E-state index in [1.54, 1.807) is 20.0 Å². The maximum Gasteiger partial charge on any atom is 0.262 e. The van der Waals surface area contributed by atoms with Crippen LogP contribution in [0.3, 0.4) is 0 Å². The fourth-order valence-corrected chi connectivity index (χ4v) is 4.40. The average Bonchev–Trinajstić information content (AvgIpc) is 3.08. The maximum atomic E-state index is 12.7. The van der Waals surface area contributed by atoms with Crippen LogP contribution in [0.5, 0.6) is 0 Å². The van der Waals surface area contributed by atoms with Gasteiger partial charge in [0.25, 0.3) is 5.56 Å². The van der Waals surface area contributed by atoms with Crippen molar-refractivity contribution in [2.75, 3.05) is 6.54 Å². The van der Waals surface area contributed by atoms with Gasteiger partial charge in [0.1, 0.15) is 4.83 Å². The van der Waals surface area contributed by atoms with Crippen LogP contribution in [0.25, 0.3) is 20.7 Å². The van der Waals surface area contributed by atoms with Crippen LogP contribution in [0.2, 0.25) is 0 Å². The Morgan fingerprint density at radius 3 is 2.85 bits per heavy atom. The van der Waals surface area contributed by atoms with E-state index in [2.05, 4.69) is 16.9 Å². The van der Waals surface area contributed by atoms with Crippen molar-refractivity contribution in [3.8, 4) is 10.4 Å². The molecule has 0 radical (unpaired) electrons. The molecule has 2 heterocycles. The highest BCUT2D eigenvalue weighted by Crippen LogP contribution is 2.32. The lowest BCUT2D eigenvalue weighted by Gasteiger charge is -2.12. The smallest absolute Gasteiger partial charge is 0.262 e. The first-order valence-corrected chi connectivity index (χ1v) is 9.82. The molecule has 0 aliphatic heterocycles. The highest BCUT2D eigenvalue weighted by molar-refractivity contribution is 8.00. The number of amides is 1. The topological polar surface area (TPSA) is 64.0 Å². The highest BCUT2D eigenvalue weighted by Gasteiger charge is 2.19. The van der Waals surface area contributed by atoms with Crippen LogP contribution in [0.15, 0.2) is 59.0 Å². The van der Waals surface area contributed by atoms with Crippen LogP contribution in [0, 0.1) is 0 Å². The molecule has 134 valence electrons. The summed E-state index contributed by atoms with van der Waals surface area (Å²) in [5.41, 5.74) is 0.957. The maximum absolute atomic E-state index is 12.7. The Labute approximate surface area is 159 Å². The molecule has 0 spiro atoms. The fourth-order valence-electron chi connectivity index (χ4n) is 2.43. The minimum absolute atomic E-state index is 0.102. The number of carbonyl (C=O) groups is 1. The van der Waals surface area contributed by atoms with Crippen molar-refractivity contribution in [1.29, 1.82) is 0 Å². The number of nitrogens with zero attached hydrogens (tertiary/aromatic N) is 2. The second-order valence-corrected chi connectivity index (χ2v) is 8.09. The molecular weight excluding hydrogens is 366 g/mol. The molecule has 7 heteroatoms. The second kappa shape index (κ2) is 7.88. The lowest BCUT2D eigenvalue weighted by Crippen LogP contribution is -2.31. The number of fused-ring (bicyclic) bond motifs is 1. The summed E-state index contributed by atoms with van der Waals surface area (Å²) in [7, 11) is 1.69. The number of carbonyl (C=O) groups excluding carboxylic acids is 1. The van der Waals surface area contributed by atoms with Gasteiger partial charge in [0, 0.05) is 18.5 Å². The Kier molecular flexibility index (Phi) is 5.58. The first-order valence-electron chi connectivity index (χ1n) is 8.12. The van der Waals surface area contributed by atoms with E-state index >= 15 is 0 Å². The van der Waals surface area contributed by atoms with E-state index in [0.29, 0.717) is 21.9 Å². The molecule has 0 saturated heterocycles. The van der Waals surface area contributed by atoms with Crippen LogP contribution >= 0.6 is 23.1 Å². The van der Waals surface area contributed by atoms with Gasteiger partial charge in [0.05, 0.1) is 10.6 Å². The minimum Gasteiger partial charge on any atom is -0.352 e. The molecule has 1 N–H and O–H groups in total. The zero-order valence-corrected chi connectivity index (χ0v) is 16.2. The van der Waals surface area contributed by atoms with Gasteiger partial charge in [-0.15, -0.1) is 17.9 Å². The summed E-state index contributed by atoms with van der Waals surface area (Å²) in [5.74, 6) is -0.111. The summed E-state index contributed by atoms with van der Waals surface area (Å²) in [6, 6.07) is 11.8. The SMILES string of the molecule is C=CCNC(=O)C(C)Sc1nc2sc(-c3ccccc3)cc2c(=O)n1C. The zero-order chi connectivity index (χ0) is 18.7. The number of aromatic nitrogens is 2. The van der Waals surface area contributed by atoms with Crippen LogP contribution in [0.4, 0.5) is 0 Å². The van der Waals surface area contributed by atoms with Gasteiger partial charge in [-0.1, -0.05) is 48.2 Å². The Bertz CT molecular complexity index is 1010. The Morgan fingerprint density at radius 1 is 1.42 bits per heavy atom. The standard InChI is InChI=1S/C19H19N3O2S2/c1-4-10-20-16(23)12(2)25-19-21-17-14(18(24)22(19)3)11-15(26-17)13-8-6-5-7-9-13/h4-9,11-12H,1,10H2,2-3H3,(H,20,23). The Morgan fingerprint density at radius 2 is 2.15 bits per heavy atom. The van der Waals surface area contributed by atoms with E-state index in [4.69, 9.17) is 0 Å². The first kappa shape index (κ1) is 18.4. The summed E-state index contributed by atoms with van der Waals surface area (Å²) in [6.45, 7) is 5.80. The van der Waals surface area contributed by atoms with Gasteiger partial charge in [-0.25, -0.2) is 4.98 Å². The molecule has 1 unspecified atom stereocenters. The molecule has 1 aromatic carbocycles. The third kappa shape index (κ3) is 3.73. The summed E-state index contributed by atoms with van der Waals surface area (Å²) in [5, 5.41) is 3.53. The molecule has 5 nitrogen and oxygen atoms in total. The van der Waals surface area contributed by atoms with Crippen LogP contribution in [0.1, 0.15) is 6.92 Å². The average molecular weight is 386 g/mol. The molecule has 2 aromatic heterocycles. The molecule has 1 amide bonds. The first-order chi connectivity index (χ1) is 12.5. The predicted octanol–water partition coefficient (Wildman–Crippen LogP) is 3.44. The van der Waals surface area contributed by atoms with Crippen molar-refractivity contribution in [3.63, 3.8) is 0 Å². The van der Waals surface area contributed by atoms with Crippen molar-refractivity contribution >= 4 is 39.2 Å². The van der Waals surface area contributed by atoms with Gasteiger partial charge in [0.2, 0.25) is 5.91 Å². The summed E-state index contributed by atoms with van der Waals surface area (Å²) >= 11 is 2.76. The van der Waals surface area contributed by atoms with Gasteiger partial charge in [-0.05, 0) is 18.6 Å². The summed E-state index contributed by atoms with van der Waals surface area (Å²) in [4.78, 5) is 31.1. The molecule has 0 aliphatic carbocycles. The number of hydrogen-bond donors (Lipinski definition) is 1. The minimum atomic E-state index is -0.362. The van der Waals surface area contributed by atoms with Crippen molar-refractivity contribution in [2.45, 2.75) is 17.3 Å². The third-order valence-electron chi connectivity index (χ3n) is 3.86. The molecular formula is C19H19N3O2S2. The molecule has 26 heavy (non-hydrogen) atoms. The highest BCUT2D eigenvalue weighted by atomic mass is 32.2. The van der Waals surface area contributed by atoms with E-state index in [1.165, 1.54) is 27.7 Å². The zero-order valence-electron chi connectivity index (χ0n) is 14.6. The largest absolute Gasteiger partial charge is 0.352 e. The van der Waals surface area contributed by atoms with Gasteiger partial charge < -0.3 is 5.32 Å². The third-order valence-corrected chi connectivity index (χ3v) is 6.08. The lowest BCUT2D eigenvalue weighted by atomic mass is 10.2. The van der Waals surface area contributed by atoms with Crippen molar-refractivity contribution in [2.24, 2.45) is 7.05 Å². The van der Waals surface area contributed by atoms with Crippen molar-refractivity contribution < 1.29 is 4.79 Å². The Balaban J connectivity index is 1.95. The quantitative estimate of drug-likeness (QED) is 0.401. The predicted molar refractivity (Wildman–Crippen MR) is 109 cm³/mol. The fraction of sp³-hybridized carbons (Fsp3) is 0.211. The molecule has 0 fully saturated rings. The monoisotopic (exact) mass is 385 g/mol. The number of thiophene rings is 1. The van der Waals surface area contributed by atoms with E-state index in [1.807, 2.05) is 36.4 Å². The van der Waals surface area contributed by atoms with Crippen LogP contribution in [-0.4, -0.2) is 27.3 Å².